The van der Waals surface area contributed by atoms with Crippen LogP contribution in [0.15, 0.2) is 11.6 Å². The van der Waals surface area contributed by atoms with Crippen LogP contribution in [-0.4, -0.2) is 19.3 Å². The minimum Gasteiger partial charge on any atom is -0.379 e. The van der Waals surface area contributed by atoms with Crippen LogP contribution >= 0.6 is 0 Å². The zero-order chi connectivity index (χ0) is 12.5. The van der Waals surface area contributed by atoms with Crippen LogP contribution in [0, 0.1) is 0 Å². The van der Waals surface area contributed by atoms with Crippen LogP contribution in [0.1, 0.15) is 58.3 Å². The molecule has 2 unspecified atom stereocenters. The first-order chi connectivity index (χ1) is 8.33. The molecule has 1 aliphatic rings. The van der Waals surface area contributed by atoms with Gasteiger partial charge in [0.1, 0.15) is 0 Å². The van der Waals surface area contributed by atoms with Crippen LogP contribution in [0.5, 0.6) is 0 Å². The van der Waals surface area contributed by atoms with E-state index in [1.165, 1.54) is 44.1 Å². The minimum absolute atomic E-state index is 0.193. The van der Waals surface area contributed by atoms with Crippen molar-refractivity contribution >= 4 is 0 Å². The second-order valence-corrected chi connectivity index (χ2v) is 4.94. The van der Waals surface area contributed by atoms with Gasteiger partial charge in [0.05, 0.1) is 12.1 Å². The quantitative estimate of drug-likeness (QED) is 0.426. The molecule has 0 aliphatic heterocycles. The van der Waals surface area contributed by atoms with E-state index < -0.39 is 0 Å². The van der Waals surface area contributed by atoms with Crippen molar-refractivity contribution in [2.75, 3.05) is 7.11 Å². The molecule has 0 saturated carbocycles. The number of ether oxygens (including phenoxy) is 1. The summed E-state index contributed by atoms with van der Waals surface area (Å²) in [6.45, 7) is 2.19. The Bertz CT molecular complexity index is 228. The number of hydrazine groups is 1. The molecule has 0 aromatic heterocycles. The first-order valence-corrected chi connectivity index (χ1v) is 7.01. The van der Waals surface area contributed by atoms with Crippen molar-refractivity contribution in [2.45, 2.75) is 70.4 Å². The summed E-state index contributed by atoms with van der Waals surface area (Å²) < 4.78 is 5.59. The Kier molecular flexibility index (Phi) is 7.49. The largest absolute Gasteiger partial charge is 0.379 e. The number of methoxy groups -OCH3 is 1. The average Bonchev–Trinajstić information content (AvgIpc) is 2.30. The van der Waals surface area contributed by atoms with E-state index in [4.69, 9.17) is 10.6 Å². The van der Waals surface area contributed by atoms with E-state index in [-0.39, 0.29) is 12.1 Å². The molecule has 3 heteroatoms. The molecular weight excluding hydrogens is 212 g/mol. The van der Waals surface area contributed by atoms with Gasteiger partial charge >= 0.3 is 0 Å². The molecule has 0 aromatic carbocycles. The van der Waals surface area contributed by atoms with Crippen LogP contribution < -0.4 is 11.3 Å². The Labute approximate surface area is 106 Å². The molecular formula is C14H28N2O. The summed E-state index contributed by atoms with van der Waals surface area (Å²) in [5.41, 5.74) is 4.41. The molecule has 3 nitrogen and oxygen atoms in total. The van der Waals surface area contributed by atoms with Gasteiger partial charge in [0, 0.05) is 7.11 Å². The van der Waals surface area contributed by atoms with E-state index in [2.05, 4.69) is 18.4 Å². The lowest BCUT2D eigenvalue weighted by atomic mass is 9.91. The highest BCUT2D eigenvalue weighted by Gasteiger charge is 2.23. The van der Waals surface area contributed by atoms with Crippen LogP contribution in [0.25, 0.3) is 0 Å². The zero-order valence-corrected chi connectivity index (χ0v) is 11.4. The third kappa shape index (κ3) is 4.78. The number of rotatable bonds is 6. The van der Waals surface area contributed by atoms with E-state index in [9.17, 15) is 0 Å². The van der Waals surface area contributed by atoms with E-state index in [1.54, 1.807) is 7.11 Å². The third-order valence-electron chi connectivity index (χ3n) is 3.65. The van der Waals surface area contributed by atoms with Crippen molar-refractivity contribution in [1.29, 1.82) is 0 Å². The van der Waals surface area contributed by atoms with Crippen molar-refractivity contribution in [3.63, 3.8) is 0 Å². The predicted molar refractivity (Wildman–Crippen MR) is 72.6 cm³/mol. The second kappa shape index (κ2) is 8.67. The van der Waals surface area contributed by atoms with Gasteiger partial charge < -0.3 is 4.74 Å². The van der Waals surface area contributed by atoms with Crippen molar-refractivity contribution < 1.29 is 4.74 Å². The lowest BCUT2D eigenvalue weighted by molar-refractivity contribution is 0.0700. The van der Waals surface area contributed by atoms with E-state index in [0.717, 1.165) is 12.8 Å². The number of nitrogens with two attached hydrogens (primary N) is 1. The lowest BCUT2D eigenvalue weighted by Gasteiger charge is -2.28. The lowest BCUT2D eigenvalue weighted by Crippen LogP contribution is -2.46. The van der Waals surface area contributed by atoms with Crippen LogP contribution in [0.2, 0.25) is 0 Å². The molecule has 17 heavy (non-hydrogen) atoms. The smallest absolute Gasteiger partial charge is 0.0775 e. The average molecular weight is 240 g/mol. The first kappa shape index (κ1) is 14.7. The molecule has 0 bridgehead atoms. The Balaban J connectivity index is 2.67. The van der Waals surface area contributed by atoms with Crippen molar-refractivity contribution in [2.24, 2.45) is 5.84 Å². The molecule has 3 N–H and O–H groups in total. The maximum absolute atomic E-state index is 5.73. The van der Waals surface area contributed by atoms with E-state index >= 15 is 0 Å². The van der Waals surface area contributed by atoms with E-state index in [1.807, 2.05) is 0 Å². The second-order valence-electron chi connectivity index (χ2n) is 4.94. The van der Waals surface area contributed by atoms with Gasteiger partial charge in [-0.25, -0.2) is 0 Å². The Morgan fingerprint density at radius 3 is 2.76 bits per heavy atom. The number of nitrogens with one attached hydrogen (secondary N) is 1. The summed E-state index contributed by atoms with van der Waals surface area (Å²) in [6.07, 6.45) is 12.4. The Hall–Kier alpha value is -0.380. The molecule has 0 saturated heterocycles. The van der Waals surface area contributed by atoms with Gasteiger partial charge in [-0.05, 0) is 32.1 Å². The van der Waals surface area contributed by atoms with Crippen LogP contribution in [0.4, 0.5) is 0 Å². The molecule has 0 fully saturated rings. The SMILES string of the molecule is CCCC(OC)C(NN)C1=CCCCCCC1. The standard InChI is InChI=1S/C14H28N2O/c1-3-9-13(17-2)14(16-15)12-10-7-5-4-6-8-11-12/h10,13-14,16H,3-9,11,15H2,1-2H3. The van der Waals surface area contributed by atoms with Gasteiger partial charge in [-0.2, -0.15) is 0 Å². The fourth-order valence-corrected chi connectivity index (χ4v) is 2.66. The molecule has 1 aliphatic carbocycles. The molecule has 0 radical (unpaired) electrons. The molecule has 0 spiro atoms. The first-order valence-electron chi connectivity index (χ1n) is 7.01. The highest BCUT2D eigenvalue weighted by molar-refractivity contribution is 5.13. The maximum Gasteiger partial charge on any atom is 0.0775 e. The summed E-state index contributed by atoms with van der Waals surface area (Å²) in [6, 6.07) is 0.193. The highest BCUT2D eigenvalue weighted by atomic mass is 16.5. The summed E-state index contributed by atoms with van der Waals surface area (Å²) >= 11 is 0. The topological polar surface area (TPSA) is 47.3 Å². The number of hydrogen-bond acceptors (Lipinski definition) is 3. The van der Waals surface area contributed by atoms with Gasteiger partial charge in [0.2, 0.25) is 0 Å². The van der Waals surface area contributed by atoms with Gasteiger partial charge in [-0.1, -0.05) is 37.8 Å². The normalized spacial score (nSPS) is 21.2. The Morgan fingerprint density at radius 1 is 1.35 bits per heavy atom. The van der Waals surface area contributed by atoms with Gasteiger partial charge in [0.15, 0.2) is 0 Å². The maximum atomic E-state index is 5.73. The predicted octanol–water partition coefficient (Wildman–Crippen LogP) is 2.91. The Morgan fingerprint density at radius 2 is 2.12 bits per heavy atom. The fraction of sp³-hybridized carbons (Fsp3) is 0.857. The monoisotopic (exact) mass is 240 g/mol. The number of allylic oxidation sites excluding steroid dienone is 1. The molecule has 0 heterocycles. The highest BCUT2D eigenvalue weighted by Crippen LogP contribution is 2.23. The summed E-state index contributed by atoms with van der Waals surface area (Å²) in [5, 5.41) is 0. The molecule has 0 amide bonds. The van der Waals surface area contributed by atoms with Crippen LogP contribution in [0.3, 0.4) is 0 Å². The van der Waals surface area contributed by atoms with Crippen molar-refractivity contribution in [1.82, 2.24) is 5.43 Å². The third-order valence-corrected chi connectivity index (χ3v) is 3.65. The summed E-state index contributed by atoms with van der Waals surface area (Å²) in [4.78, 5) is 0. The molecule has 1 rings (SSSR count). The van der Waals surface area contributed by atoms with Crippen molar-refractivity contribution in [3.05, 3.63) is 11.6 Å². The van der Waals surface area contributed by atoms with Gasteiger partial charge in [-0.15, -0.1) is 0 Å². The minimum atomic E-state index is 0.193. The summed E-state index contributed by atoms with van der Waals surface area (Å²) in [5.74, 6) is 5.73. The summed E-state index contributed by atoms with van der Waals surface area (Å²) in [7, 11) is 1.79. The number of hydrogen-bond donors (Lipinski definition) is 2. The van der Waals surface area contributed by atoms with Crippen LogP contribution in [-0.2, 0) is 4.74 Å². The van der Waals surface area contributed by atoms with E-state index in [0.29, 0.717) is 0 Å². The van der Waals surface area contributed by atoms with Crippen molar-refractivity contribution in [3.8, 4) is 0 Å². The van der Waals surface area contributed by atoms with Gasteiger partial charge in [0.25, 0.3) is 0 Å². The molecule has 100 valence electrons. The molecule has 2 atom stereocenters. The van der Waals surface area contributed by atoms with Gasteiger partial charge in [-0.3, -0.25) is 11.3 Å². The zero-order valence-electron chi connectivity index (χ0n) is 11.4. The fourth-order valence-electron chi connectivity index (χ4n) is 2.66. The molecule has 0 aromatic rings.